The molecule has 0 aliphatic carbocycles. The van der Waals surface area contributed by atoms with Crippen molar-refractivity contribution in [1.29, 1.82) is 0 Å². The molecule has 3 heterocycles. The number of aromatic nitrogens is 6. The van der Waals surface area contributed by atoms with Crippen LogP contribution in [0.2, 0.25) is 0 Å². The van der Waals surface area contributed by atoms with Crippen LogP contribution in [0.3, 0.4) is 0 Å². The summed E-state index contributed by atoms with van der Waals surface area (Å²) in [6.45, 7) is 17.2. The van der Waals surface area contributed by atoms with E-state index in [0.29, 0.717) is 33.8 Å². The molecule has 3 aromatic carbocycles. The van der Waals surface area contributed by atoms with E-state index in [2.05, 4.69) is 15.3 Å². The summed E-state index contributed by atoms with van der Waals surface area (Å²) in [5.41, 5.74) is 4.23. The van der Waals surface area contributed by atoms with E-state index in [-0.39, 0.29) is 90.4 Å². The number of nitrogens with one attached hydrogen (secondary N) is 3. The second kappa shape index (κ2) is 23.8. The standard InChI is InChI=1S/3C16H20N2O2.Tb/c3*1-4-12(5-2)15(19)14-11(3)17-18(16(14)20)13-9-7-6-8-10-13;/h3*6-10,12,17H,4-5H2,1-3H3;. The molecule has 3 aromatic heterocycles. The van der Waals surface area contributed by atoms with Crippen LogP contribution < -0.4 is 16.7 Å². The summed E-state index contributed by atoms with van der Waals surface area (Å²) >= 11 is 0. The number of aromatic amines is 3. The van der Waals surface area contributed by atoms with Crippen LogP contribution in [0.5, 0.6) is 0 Å². The first-order valence-corrected chi connectivity index (χ1v) is 21.0. The Morgan fingerprint density at radius 3 is 0.787 bits per heavy atom. The summed E-state index contributed by atoms with van der Waals surface area (Å²) in [6, 6.07) is 27.9. The van der Waals surface area contributed by atoms with Crippen molar-refractivity contribution in [1.82, 2.24) is 29.3 Å². The third-order valence-electron chi connectivity index (χ3n) is 11.1. The Labute approximate surface area is 388 Å². The Bertz CT molecular complexity index is 2230. The average Bonchev–Trinajstić information content (AvgIpc) is 3.86. The van der Waals surface area contributed by atoms with E-state index in [1.54, 1.807) is 20.8 Å². The molecule has 0 aliphatic heterocycles. The molecule has 0 aliphatic rings. The Hall–Kier alpha value is -5.01. The van der Waals surface area contributed by atoms with Gasteiger partial charge in [0.15, 0.2) is 17.3 Å². The van der Waals surface area contributed by atoms with Crippen molar-refractivity contribution in [2.24, 2.45) is 17.8 Å². The molecule has 13 heteroatoms. The van der Waals surface area contributed by atoms with Crippen LogP contribution in [0.4, 0.5) is 0 Å². The van der Waals surface area contributed by atoms with E-state index in [0.717, 1.165) is 55.6 Å². The van der Waals surface area contributed by atoms with Gasteiger partial charge in [-0.2, -0.15) is 0 Å². The van der Waals surface area contributed by atoms with Crippen LogP contribution in [0.1, 0.15) is 128 Å². The zero-order chi connectivity index (χ0) is 44.1. The van der Waals surface area contributed by atoms with E-state index in [1.165, 1.54) is 14.0 Å². The quantitative estimate of drug-likeness (QED) is 0.0869. The number of nitrogens with zero attached hydrogens (tertiary/aromatic N) is 3. The molecule has 0 fully saturated rings. The maximum Gasteiger partial charge on any atom is 0.282 e. The fourth-order valence-electron chi connectivity index (χ4n) is 7.38. The Balaban J connectivity index is 0.000000242. The minimum Gasteiger partial charge on any atom is -0.295 e. The second-order valence-electron chi connectivity index (χ2n) is 14.9. The molecule has 0 atom stereocenters. The van der Waals surface area contributed by atoms with Crippen LogP contribution in [-0.2, 0) is 0 Å². The fraction of sp³-hybridized carbons (Fsp3) is 0.375. The first-order chi connectivity index (χ1) is 28.8. The number of ketones is 3. The average molecular weight is 976 g/mol. The van der Waals surface area contributed by atoms with E-state index in [9.17, 15) is 28.8 Å². The van der Waals surface area contributed by atoms with Crippen molar-refractivity contribution in [2.45, 2.75) is 101 Å². The van der Waals surface area contributed by atoms with Gasteiger partial charge in [-0.1, -0.05) is 96.1 Å². The molecule has 327 valence electrons. The molecule has 12 nitrogen and oxygen atoms in total. The minimum atomic E-state index is -0.259. The number of carbonyl (C=O) groups excluding carboxylic acids is 3. The van der Waals surface area contributed by atoms with Crippen LogP contribution in [-0.4, -0.2) is 46.7 Å². The first-order valence-electron chi connectivity index (χ1n) is 21.0. The zero-order valence-electron chi connectivity index (χ0n) is 36.8. The van der Waals surface area contributed by atoms with E-state index in [1.807, 2.05) is 133 Å². The number of benzene rings is 3. The summed E-state index contributed by atoms with van der Waals surface area (Å²) in [6.07, 6.45) is 4.53. The number of rotatable bonds is 15. The molecule has 6 aromatic rings. The molecule has 3 N–H and O–H groups in total. The van der Waals surface area contributed by atoms with Crippen molar-refractivity contribution in [2.75, 3.05) is 0 Å². The van der Waals surface area contributed by atoms with Gasteiger partial charge in [0.2, 0.25) is 0 Å². The van der Waals surface area contributed by atoms with Crippen LogP contribution in [0.25, 0.3) is 17.1 Å². The van der Waals surface area contributed by atoms with Gasteiger partial charge in [0.1, 0.15) is 16.7 Å². The molecule has 6 rings (SSSR count). The molecule has 0 saturated carbocycles. The summed E-state index contributed by atoms with van der Waals surface area (Å²) in [5, 5.41) is 8.99. The predicted octanol–water partition coefficient (Wildman–Crippen LogP) is 9.28. The van der Waals surface area contributed by atoms with E-state index in [4.69, 9.17) is 0 Å². The largest absolute Gasteiger partial charge is 0.295 e. The van der Waals surface area contributed by atoms with Crippen molar-refractivity contribution in [3.05, 3.63) is 156 Å². The van der Waals surface area contributed by atoms with Gasteiger partial charge in [-0.15, -0.1) is 0 Å². The maximum absolute atomic E-state index is 12.5. The second-order valence-corrected chi connectivity index (χ2v) is 14.9. The topological polar surface area (TPSA) is 165 Å². The monoisotopic (exact) mass is 975 g/mol. The van der Waals surface area contributed by atoms with Gasteiger partial charge in [0.25, 0.3) is 16.7 Å². The number of aryl methyl sites for hydroxylation is 3. The smallest absolute Gasteiger partial charge is 0.282 e. The van der Waals surface area contributed by atoms with Crippen molar-refractivity contribution in [3.8, 4) is 17.1 Å². The third-order valence-corrected chi connectivity index (χ3v) is 11.1. The third kappa shape index (κ3) is 11.7. The number of Topliss-reactive ketones (excluding diaryl/α,β-unsaturated/α-hetero) is 3. The molecular weight excluding hydrogens is 915 g/mol. The van der Waals surface area contributed by atoms with Gasteiger partial charge in [0, 0.05) is 73.4 Å². The molecule has 0 saturated heterocycles. The first kappa shape index (κ1) is 50.3. The predicted molar refractivity (Wildman–Crippen MR) is 239 cm³/mol. The number of hydrogen-bond donors (Lipinski definition) is 3. The zero-order valence-corrected chi connectivity index (χ0v) is 38.9. The van der Waals surface area contributed by atoms with Crippen molar-refractivity contribution >= 4 is 17.3 Å². The summed E-state index contributed by atoms with van der Waals surface area (Å²) in [5.74, 6) is -0.403. The number of para-hydroxylation sites is 3. The molecule has 0 unspecified atom stereocenters. The molecule has 1 radical (unpaired) electrons. The van der Waals surface area contributed by atoms with Crippen LogP contribution in [0, 0.1) is 77.1 Å². The number of H-pyrrole nitrogens is 3. The SMILES string of the molecule is CCC(CC)C(=O)c1c(C)[nH]n(-c2ccccc2)c1=O.CCC(CC)C(=O)c1c(C)[nH]n(-c2ccccc2)c1=O.CCC(CC)C(=O)c1c(C)[nH]n(-c2ccccc2)c1=O.[Tb]. The fourth-order valence-corrected chi connectivity index (χ4v) is 7.38. The Morgan fingerprint density at radius 2 is 0.607 bits per heavy atom. The van der Waals surface area contributed by atoms with E-state index < -0.39 is 0 Å². The molecule has 0 bridgehead atoms. The Morgan fingerprint density at radius 1 is 0.410 bits per heavy atom. The van der Waals surface area contributed by atoms with Gasteiger partial charge in [-0.25, -0.2) is 14.0 Å². The van der Waals surface area contributed by atoms with Gasteiger partial charge in [0.05, 0.1) is 17.1 Å². The molecular formula is C48H60N6O6Tb. The maximum atomic E-state index is 12.5. The molecule has 61 heavy (non-hydrogen) atoms. The van der Waals surface area contributed by atoms with Gasteiger partial charge in [-0.3, -0.25) is 44.1 Å². The summed E-state index contributed by atoms with van der Waals surface area (Å²) in [4.78, 5) is 74.8. The molecule has 0 spiro atoms. The Kier molecular flexibility index (Phi) is 19.7. The van der Waals surface area contributed by atoms with Crippen molar-refractivity contribution < 1.29 is 53.0 Å². The van der Waals surface area contributed by atoms with Crippen LogP contribution in [0.15, 0.2) is 105 Å². The molecule has 0 amide bonds. The van der Waals surface area contributed by atoms with Crippen LogP contribution >= 0.6 is 0 Å². The minimum absolute atomic E-state index is 0. The summed E-state index contributed by atoms with van der Waals surface area (Å²) in [7, 11) is 0. The van der Waals surface area contributed by atoms with Gasteiger partial charge in [-0.05, 0) is 95.7 Å². The van der Waals surface area contributed by atoms with E-state index >= 15 is 0 Å². The summed E-state index contributed by atoms with van der Waals surface area (Å²) < 4.78 is 4.31. The normalized spacial score (nSPS) is 10.8. The number of hydrogen-bond acceptors (Lipinski definition) is 6. The van der Waals surface area contributed by atoms with Gasteiger partial charge >= 0.3 is 0 Å². The van der Waals surface area contributed by atoms with Crippen molar-refractivity contribution in [3.63, 3.8) is 0 Å². The van der Waals surface area contributed by atoms with Gasteiger partial charge < -0.3 is 0 Å². The number of carbonyl (C=O) groups is 3.